The SMILES string of the molecule is COCC(C)(CNS(=O)(=O)c1ccc(C(=O)OC)cc1)OC. The first-order valence-corrected chi connectivity index (χ1v) is 7.98. The Bertz CT molecular complexity index is 598. The second-order valence-corrected chi connectivity index (χ2v) is 6.69. The lowest BCUT2D eigenvalue weighted by atomic mass is 10.1. The van der Waals surface area contributed by atoms with Gasteiger partial charge in [-0.1, -0.05) is 0 Å². The molecule has 124 valence electrons. The highest BCUT2D eigenvalue weighted by molar-refractivity contribution is 7.89. The van der Waals surface area contributed by atoms with Crippen molar-refractivity contribution in [2.75, 3.05) is 34.5 Å². The van der Waals surface area contributed by atoms with Crippen molar-refractivity contribution in [1.29, 1.82) is 0 Å². The topological polar surface area (TPSA) is 90.9 Å². The lowest BCUT2D eigenvalue weighted by Gasteiger charge is -2.27. The number of ether oxygens (including phenoxy) is 3. The summed E-state index contributed by atoms with van der Waals surface area (Å²) in [5, 5.41) is 0. The Morgan fingerprint density at radius 1 is 1.18 bits per heavy atom. The molecule has 0 saturated carbocycles. The number of carbonyl (C=O) groups is 1. The third-order valence-electron chi connectivity index (χ3n) is 3.16. The minimum Gasteiger partial charge on any atom is -0.465 e. The summed E-state index contributed by atoms with van der Waals surface area (Å²) in [6.45, 7) is 2.03. The van der Waals surface area contributed by atoms with Gasteiger partial charge in [-0.3, -0.25) is 0 Å². The van der Waals surface area contributed by atoms with Crippen LogP contribution in [0.5, 0.6) is 0 Å². The molecule has 8 heteroatoms. The quantitative estimate of drug-likeness (QED) is 0.709. The number of rotatable bonds is 8. The van der Waals surface area contributed by atoms with Crippen LogP contribution in [0.25, 0.3) is 0 Å². The molecule has 0 heterocycles. The van der Waals surface area contributed by atoms with Crippen LogP contribution in [0.2, 0.25) is 0 Å². The smallest absolute Gasteiger partial charge is 0.337 e. The Labute approximate surface area is 130 Å². The summed E-state index contributed by atoms with van der Waals surface area (Å²) >= 11 is 0. The highest BCUT2D eigenvalue weighted by Crippen LogP contribution is 2.14. The zero-order chi connectivity index (χ0) is 16.8. The Morgan fingerprint density at radius 2 is 1.77 bits per heavy atom. The average Bonchev–Trinajstić information content (AvgIpc) is 2.53. The van der Waals surface area contributed by atoms with E-state index >= 15 is 0 Å². The van der Waals surface area contributed by atoms with E-state index in [4.69, 9.17) is 9.47 Å². The van der Waals surface area contributed by atoms with E-state index in [0.29, 0.717) is 0 Å². The van der Waals surface area contributed by atoms with Crippen molar-refractivity contribution >= 4 is 16.0 Å². The molecule has 0 aliphatic carbocycles. The fraction of sp³-hybridized carbons (Fsp3) is 0.500. The minimum absolute atomic E-state index is 0.0519. The van der Waals surface area contributed by atoms with Crippen LogP contribution in [0, 0.1) is 0 Å². The van der Waals surface area contributed by atoms with Crippen molar-refractivity contribution in [3.63, 3.8) is 0 Å². The van der Waals surface area contributed by atoms with E-state index in [0.717, 1.165) is 0 Å². The largest absolute Gasteiger partial charge is 0.465 e. The summed E-state index contributed by atoms with van der Waals surface area (Å²) < 4.78 is 41.8. The van der Waals surface area contributed by atoms with Crippen LogP contribution >= 0.6 is 0 Å². The standard InChI is InChI=1S/C14H21NO6S/c1-14(21-4,10-19-2)9-15-22(17,18)12-7-5-11(6-8-12)13(16)20-3/h5-8,15H,9-10H2,1-4H3. The molecule has 22 heavy (non-hydrogen) atoms. The zero-order valence-electron chi connectivity index (χ0n) is 13.1. The monoisotopic (exact) mass is 331 g/mol. The maximum Gasteiger partial charge on any atom is 0.337 e. The van der Waals surface area contributed by atoms with E-state index in [1.165, 1.54) is 45.6 Å². The van der Waals surface area contributed by atoms with Crippen molar-refractivity contribution in [1.82, 2.24) is 4.72 Å². The predicted molar refractivity (Wildman–Crippen MR) is 80.3 cm³/mol. The van der Waals surface area contributed by atoms with Gasteiger partial charge in [0.1, 0.15) is 5.60 Å². The number of nitrogens with one attached hydrogen (secondary N) is 1. The molecule has 0 amide bonds. The predicted octanol–water partition coefficient (Wildman–Crippen LogP) is 0.803. The number of methoxy groups -OCH3 is 3. The first-order valence-electron chi connectivity index (χ1n) is 6.50. The van der Waals surface area contributed by atoms with Crippen molar-refractivity contribution in [3.8, 4) is 0 Å². The van der Waals surface area contributed by atoms with Gasteiger partial charge in [0.05, 0.1) is 24.2 Å². The normalized spacial score (nSPS) is 14.4. The summed E-state index contributed by atoms with van der Waals surface area (Å²) in [5.74, 6) is -0.524. The molecule has 0 spiro atoms. The van der Waals surface area contributed by atoms with Crippen molar-refractivity contribution in [2.45, 2.75) is 17.4 Å². The minimum atomic E-state index is -3.71. The van der Waals surface area contributed by atoms with Gasteiger partial charge in [-0.15, -0.1) is 0 Å². The second-order valence-electron chi connectivity index (χ2n) is 4.93. The highest BCUT2D eigenvalue weighted by atomic mass is 32.2. The van der Waals surface area contributed by atoms with Crippen LogP contribution in [0.3, 0.4) is 0 Å². The first kappa shape index (κ1) is 18.6. The molecular weight excluding hydrogens is 310 g/mol. The van der Waals surface area contributed by atoms with E-state index in [-0.39, 0.29) is 23.6 Å². The van der Waals surface area contributed by atoms with Gasteiger partial charge in [-0.2, -0.15) is 0 Å². The lowest BCUT2D eigenvalue weighted by molar-refractivity contribution is -0.0460. The highest BCUT2D eigenvalue weighted by Gasteiger charge is 2.26. The Balaban J connectivity index is 2.84. The molecular formula is C14H21NO6S. The molecule has 0 aromatic heterocycles. The Hall–Kier alpha value is -1.48. The summed E-state index contributed by atoms with van der Waals surface area (Å²) in [6, 6.07) is 5.47. The molecule has 1 N–H and O–H groups in total. The van der Waals surface area contributed by atoms with E-state index in [9.17, 15) is 13.2 Å². The summed E-state index contributed by atoms with van der Waals surface area (Å²) in [4.78, 5) is 11.4. The van der Waals surface area contributed by atoms with Crippen molar-refractivity contribution in [2.24, 2.45) is 0 Å². The van der Waals surface area contributed by atoms with Crippen LogP contribution in [0.15, 0.2) is 29.2 Å². The van der Waals surface area contributed by atoms with Gasteiger partial charge in [0.2, 0.25) is 10.0 Å². The van der Waals surface area contributed by atoms with Crippen LogP contribution in [-0.2, 0) is 24.2 Å². The summed E-state index contributed by atoms with van der Waals surface area (Å²) in [7, 11) is 0.547. The average molecular weight is 331 g/mol. The van der Waals surface area contributed by atoms with Crippen molar-refractivity contribution < 1.29 is 27.4 Å². The Morgan fingerprint density at radius 3 is 2.23 bits per heavy atom. The summed E-state index contributed by atoms with van der Waals surface area (Å²) in [5.41, 5.74) is -0.490. The number of hydrogen-bond acceptors (Lipinski definition) is 6. The molecule has 0 saturated heterocycles. The molecule has 0 fully saturated rings. The van der Waals surface area contributed by atoms with E-state index in [1.807, 2.05) is 0 Å². The number of sulfonamides is 1. The number of carbonyl (C=O) groups excluding carboxylic acids is 1. The van der Waals surface area contributed by atoms with Gasteiger partial charge in [0.15, 0.2) is 0 Å². The van der Waals surface area contributed by atoms with Crippen LogP contribution in [-0.4, -0.2) is 54.5 Å². The molecule has 0 aliphatic heterocycles. The number of esters is 1. The summed E-state index contributed by atoms with van der Waals surface area (Å²) in [6.07, 6.45) is 0. The van der Waals surface area contributed by atoms with Crippen LogP contribution in [0.4, 0.5) is 0 Å². The molecule has 0 radical (unpaired) electrons. The van der Waals surface area contributed by atoms with Gasteiger partial charge < -0.3 is 14.2 Å². The van der Waals surface area contributed by atoms with E-state index < -0.39 is 21.6 Å². The molecule has 1 rings (SSSR count). The fourth-order valence-electron chi connectivity index (χ4n) is 1.71. The van der Waals surface area contributed by atoms with Crippen LogP contribution in [0.1, 0.15) is 17.3 Å². The van der Waals surface area contributed by atoms with E-state index in [2.05, 4.69) is 9.46 Å². The molecule has 1 atom stereocenters. The molecule has 7 nitrogen and oxygen atoms in total. The van der Waals surface area contributed by atoms with Gasteiger partial charge in [-0.05, 0) is 31.2 Å². The lowest BCUT2D eigenvalue weighted by Crippen LogP contribution is -2.45. The molecule has 0 bridgehead atoms. The third-order valence-corrected chi connectivity index (χ3v) is 4.58. The first-order chi connectivity index (χ1) is 10.3. The number of hydrogen-bond donors (Lipinski definition) is 1. The zero-order valence-corrected chi connectivity index (χ0v) is 13.9. The molecule has 1 aromatic rings. The fourth-order valence-corrected chi connectivity index (χ4v) is 2.86. The third kappa shape index (κ3) is 4.77. The van der Waals surface area contributed by atoms with Gasteiger partial charge in [-0.25, -0.2) is 17.9 Å². The van der Waals surface area contributed by atoms with Crippen LogP contribution < -0.4 is 4.72 Å². The maximum absolute atomic E-state index is 12.2. The van der Waals surface area contributed by atoms with Gasteiger partial charge in [0, 0.05) is 20.8 Å². The van der Waals surface area contributed by atoms with Gasteiger partial charge >= 0.3 is 5.97 Å². The second kappa shape index (κ2) is 7.68. The van der Waals surface area contributed by atoms with Gasteiger partial charge in [0.25, 0.3) is 0 Å². The Kier molecular flexibility index (Phi) is 6.48. The maximum atomic E-state index is 12.2. The molecule has 0 aliphatic rings. The van der Waals surface area contributed by atoms with E-state index in [1.54, 1.807) is 6.92 Å². The van der Waals surface area contributed by atoms with Crippen molar-refractivity contribution in [3.05, 3.63) is 29.8 Å². The number of benzene rings is 1. The molecule has 1 aromatic carbocycles. The molecule has 1 unspecified atom stereocenters.